The van der Waals surface area contributed by atoms with Gasteiger partial charge in [0.05, 0.1) is 13.2 Å². The van der Waals surface area contributed by atoms with Gasteiger partial charge in [-0.15, -0.1) is 0 Å². The Kier molecular flexibility index (Phi) is 6.46. The zero-order valence-electron chi connectivity index (χ0n) is 10.1. The second kappa shape index (κ2) is 7.89. The smallest absolute Gasteiger partial charge is 0.302 e. The normalized spacial score (nSPS) is 10.8. The van der Waals surface area contributed by atoms with E-state index in [-0.39, 0.29) is 18.3 Å². The first-order valence-corrected chi connectivity index (χ1v) is 6.22. The van der Waals surface area contributed by atoms with Crippen molar-refractivity contribution in [1.82, 2.24) is 0 Å². The zero-order valence-corrected chi connectivity index (χ0v) is 11.6. The van der Waals surface area contributed by atoms with Gasteiger partial charge in [-0.2, -0.15) is 0 Å². The van der Waals surface area contributed by atoms with Crippen LogP contribution in [0.5, 0.6) is 5.75 Å². The van der Waals surface area contributed by atoms with Crippen LogP contribution in [0.25, 0.3) is 0 Å². The molecule has 0 aliphatic carbocycles. The van der Waals surface area contributed by atoms with Gasteiger partial charge in [0.2, 0.25) is 0 Å². The molecule has 0 bridgehead atoms. The first-order valence-electron chi connectivity index (χ1n) is 5.43. The summed E-state index contributed by atoms with van der Waals surface area (Å²) in [5.41, 5.74) is 0.878. The Hall–Kier alpha value is -1.33. The van der Waals surface area contributed by atoms with Crippen LogP contribution in [-0.2, 0) is 20.9 Å². The van der Waals surface area contributed by atoms with Crippen LogP contribution < -0.4 is 0 Å². The number of phenolic OH excluding ortho intramolecular Hbond substituents is 1. The Balaban J connectivity index is 2.25. The molecule has 0 saturated heterocycles. The van der Waals surface area contributed by atoms with Gasteiger partial charge in [0.25, 0.3) is 0 Å². The highest BCUT2D eigenvalue weighted by molar-refractivity contribution is 9.10. The lowest BCUT2D eigenvalue weighted by Crippen LogP contribution is -1.98. The van der Waals surface area contributed by atoms with Crippen LogP contribution in [0.1, 0.15) is 12.5 Å². The van der Waals surface area contributed by atoms with Crippen molar-refractivity contribution in [3.63, 3.8) is 0 Å². The second-order valence-corrected chi connectivity index (χ2v) is 4.42. The van der Waals surface area contributed by atoms with Crippen molar-refractivity contribution in [2.75, 3.05) is 13.2 Å². The fourth-order valence-electron chi connectivity index (χ4n) is 1.21. The van der Waals surface area contributed by atoms with Crippen molar-refractivity contribution >= 4 is 21.9 Å². The summed E-state index contributed by atoms with van der Waals surface area (Å²) < 4.78 is 11.0. The molecule has 1 rings (SSSR count). The molecule has 0 radical (unpaired) electrons. The number of halogens is 1. The van der Waals surface area contributed by atoms with E-state index in [4.69, 9.17) is 9.47 Å². The van der Waals surface area contributed by atoms with E-state index in [0.717, 1.165) is 10.0 Å². The van der Waals surface area contributed by atoms with E-state index in [0.29, 0.717) is 13.2 Å². The van der Waals surface area contributed by atoms with Crippen molar-refractivity contribution in [3.05, 3.63) is 40.4 Å². The van der Waals surface area contributed by atoms with E-state index in [1.165, 1.54) is 6.92 Å². The Bertz CT molecular complexity index is 429. The highest BCUT2D eigenvalue weighted by Crippen LogP contribution is 2.22. The van der Waals surface area contributed by atoms with Gasteiger partial charge < -0.3 is 14.6 Å². The van der Waals surface area contributed by atoms with Crippen LogP contribution in [0.3, 0.4) is 0 Å². The monoisotopic (exact) mass is 314 g/mol. The van der Waals surface area contributed by atoms with Crippen molar-refractivity contribution in [3.8, 4) is 5.75 Å². The predicted molar refractivity (Wildman–Crippen MR) is 71.2 cm³/mol. The van der Waals surface area contributed by atoms with E-state index < -0.39 is 0 Å². The minimum atomic E-state index is -0.302. The lowest BCUT2D eigenvalue weighted by molar-refractivity contribution is -0.139. The lowest BCUT2D eigenvalue weighted by atomic mass is 10.2. The summed E-state index contributed by atoms with van der Waals surface area (Å²) in [6.45, 7) is 2.44. The third kappa shape index (κ3) is 5.84. The number of rotatable bonds is 6. The highest BCUT2D eigenvalue weighted by atomic mass is 79.9. The summed E-state index contributed by atoms with van der Waals surface area (Å²) in [6.07, 6.45) is 3.50. The molecular formula is C13H15BrO4. The molecule has 0 aromatic heterocycles. The second-order valence-electron chi connectivity index (χ2n) is 3.56. The Morgan fingerprint density at radius 1 is 1.39 bits per heavy atom. The Morgan fingerprint density at radius 2 is 2.11 bits per heavy atom. The van der Waals surface area contributed by atoms with Gasteiger partial charge in [-0.1, -0.05) is 22.0 Å². The summed E-state index contributed by atoms with van der Waals surface area (Å²) in [7, 11) is 0. The summed E-state index contributed by atoms with van der Waals surface area (Å²) in [4.78, 5) is 10.5. The molecular weight excluding hydrogens is 300 g/mol. The van der Waals surface area contributed by atoms with Crippen molar-refractivity contribution < 1.29 is 19.4 Å². The molecule has 0 fully saturated rings. The van der Waals surface area contributed by atoms with Crippen molar-refractivity contribution in [2.45, 2.75) is 13.5 Å². The molecule has 0 aliphatic heterocycles. The Labute approximate surface area is 114 Å². The fourth-order valence-corrected chi connectivity index (χ4v) is 1.57. The SMILES string of the molecule is CC(=O)OC/C=C/COCc1cc(O)ccc1Br. The fraction of sp³-hybridized carbons (Fsp3) is 0.308. The Morgan fingerprint density at radius 3 is 2.83 bits per heavy atom. The topological polar surface area (TPSA) is 55.8 Å². The quantitative estimate of drug-likeness (QED) is 0.498. The summed E-state index contributed by atoms with van der Waals surface area (Å²) >= 11 is 3.37. The summed E-state index contributed by atoms with van der Waals surface area (Å²) in [6, 6.07) is 5.02. The number of hydrogen-bond acceptors (Lipinski definition) is 4. The van der Waals surface area contributed by atoms with Gasteiger partial charge in [0.15, 0.2) is 0 Å². The first-order chi connectivity index (χ1) is 8.59. The number of aromatic hydroxyl groups is 1. The molecule has 0 aliphatic rings. The van der Waals surface area contributed by atoms with Crippen LogP contribution in [0.15, 0.2) is 34.8 Å². The number of esters is 1. The van der Waals surface area contributed by atoms with Gasteiger partial charge in [0, 0.05) is 11.4 Å². The van der Waals surface area contributed by atoms with E-state index in [1.54, 1.807) is 30.4 Å². The number of ether oxygens (including phenoxy) is 2. The van der Waals surface area contributed by atoms with Gasteiger partial charge >= 0.3 is 5.97 Å². The molecule has 18 heavy (non-hydrogen) atoms. The molecule has 0 heterocycles. The third-order valence-electron chi connectivity index (χ3n) is 2.05. The molecule has 0 amide bonds. The van der Waals surface area contributed by atoms with Gasteiger partial charge in [-0.25, -0.2) is 0 Å². The average Bonchev–Trinajstić information content (AvgIpc) is 2.32. The number of carbonyl (C=O) groups excluding carboxylic acids is 1. The molecule has 0 atom stereocenters. The van der Waals surface area contributed by atoms with Crippen molar-refractivity contribution in [2.24, 2.45) is 0 Å². The molecule has 0 spiro atoms. The van der Waals surface area contributed by atoms with Crippen LogP contribution in [0, 0.1) is 0 Å². The van der Waals surface area contributed by atoms with Gasteiger partial charge in [-0.3, -0.25) is 4.79 Å². The maximum atomic E-state index is 10.5. The largest absolute Gasteiger partial charge is 0.508 e. The number of phenols is 1. The van der Waals surface area contributed by atoms with Crippen LogP contribution in [0.2, 0.25) is 0 Å². The van der Waals surface area contributed by atoms with E-state index in [2.05, 4.69) is 15.9 Å². The minimum Gasteiger partial charge on any atom is -0.508 e. The molecule has 1 aromatic carbocycles. The zero-order chi connectivity index (χ0) is 13.4. The molecule has 0 saturated carbocycles. The van der Waals surface area contributed by atoms with Crippen LogP contribution in [-0.4, -0.2) is 24.3 Å². The van der Waals surface area contributed by atoms with Crippen molar-refractivity contribution in [1.29, 1.82) is 0 Å². The summed E-state index contributed by atoms with van der Waals surface area (Å²) in [5, 5.41) is 9.32. The molecule has 98 valence electrons. The lowest BCUT2D eigenvalue weighted by Gasteiger charge is -2.05. The maximum Gasteiger partial charge on any atom is 0.302 e. The maximum absolute atomic E-state index is 10.5. The molecule has 1 aromatic rings. The molecule has 4 nitrogen and oxygen atoms in total. The van der Waals surface area contributed by atoms with Gasteiger partial charge in [-0.05, 0) is 29.8 Å². The first kappa shape index (κ1) is 14.7. The number of carbonyl (C=O) groups is 1. The molecule has 1 N–H and O–H groups in total. The third-order valence-corrected chi connectivity index (χ3v) is 2.82. The van der Waals surface area contributed by atoms with E-state index in [9.17, 15) is 9.90 Å². The number of hydrogen-bond donors (Lipinski definition) is 1. The molecule has 5 heteroatoms. The molecule has 0 unspecified atom stereocenters. The standard InChI is InChI=1S/C13H15BrO4/c1-10(15)18-7-3-2-6-17-9-11-8-12(16)4-5-13(11)14/h2-5,8,16H,6-7,9H2,1H3/b3-2+. The van der Waals surface area contributed by atoms with Gasteiger partial charge in [0.1, 0.15) is 12.4 Å². The average molecular weight is 315 g/mol. The van der Waals surface area contributed by atoms with Crippen LogP contribution in [0.4, 0.5) is 0 Å². The predicted octanol–water partition coefficient (Wildman–Crippen LogP) is 2.79. The van der Waals surface area contributed by atoms with Crippen LogP contribution >= 0.6 is 15.9 Å². The van der Waals surface area contributed by atoms with E-state index in [1.807, 2.05) is 0 Å². The van der Waals surface area contributed by atoms with E-state index >= 15 is 0 Å². The number of benzene rings is 1. The highest BCUT2D eigenvalue weighted by Gasteiger charge is 2.00. The summed E-state index contributed by atoms with van der Waals surface area (Å²) in [5.74, 6) is -0.0912. The minimum absolute atomic E-state index is 0.210.